The van der Waals surface area contributed by atoms with E-state index in [1.165, 1.54) is 120 Å². The number of anilines is 3. The smallest absolute Gasteiger partial charge is 0.0465 e. The lowest BCUT2D eigenvalue weighted by atomic mass is 9.76. The number of fused-ring (bicyclic) bond motifs is 9. The summed E-state index contributed by atoms with van der Waals surface area (Å²) in [5, 5.41) is 2.54. The van der Waals surface area contributed by atoms with Crippen molar-refractivity contribution in [2.75, 3.05) is 4.90 Å². The molecule has 0 amide bonds. The van der Waals surface area contributed by atoms with Gasteiger partial charge in [-0.15, -0.1) is 0 Å². The first-order chi connectivity index (χ1) is 30.0. The van der Waals surface area contributed by atoms with Crippen molar-refractivity contribution in [3.8, 4) is 55.6 Å². The molecule has 292 valence electrons. The molecule has 0 bridgehead atoms. The molecule has 0 heterocycles. The number of benzene rings is 9. The molecule has 0 unspecified atom stereocenters. The van der Waals surface area contributed by atoms with Gasteiger partial charge in [0.05, 0.1) is 0 Å². The molecule has 3 aliphatic carbocycles. The Kier molecular flexibility index (Phi) is 8.13. The monoisotopic (exact) mass is 781 g/mol. The molecule has 61 heavy (non-hydrogen) atoms. The Bertz CT molecular complexity index is 3140. The van der Waals surface area contributed by atoms with Crippen LogP contribution in [0.1, 0.15) is 61.8 Å². The van der Waals surface area contributed by atoms with E-state index < -0.39 is 0 Å². The average Bonchev–Trinajstić information content (AvgIpc) is 3.99. The van der Waals surface area contributed by atoms with Crippen molar-refractivity contribution < 1.29 is 0 Å². The molecule has 0 saturated heterocycles. The fourth-order valence-corrected chi connectivity index (χ4v) is 11.7. The van der Waals surface area contributed by atoms with E-state index in [0.717, 1.165) is 11.4 Å². The summed E-state index contributed by atoms with van der Waals surface area (Å²) in [6.07, 6.45) is 4.97. The summed E-state index contributed by atoms with van der Waals surface area (Å²) in [7, 11) is 0. The Morgan fingerprint density at radius 2 is 0.836 bits per heavy atom. The Morgan fingerprint density at radius 3 is 1.51 bits per heavy atom. The van der Waals surface area contributed by atoms with E-state index >= 15 is 0 Å². The quantitative estimate of drug-likeness (QED) is 0.162. The van der Waals surface area contributed by atoms with Crippen LogP contribution in [0, 0.1) is 0 Å². The van der Waals surface area contributed by atoms with E-state index in [1.807, 2.05) is 0 Å². The second-order valence-electron chi connectivity index (χ2n) is 18.0. The van der Waals surface area contributed by atoms with Gasteiger partial charge in [0.2, 0.25) is 0 Å². The van der Waals surface area contributed by atoms with Crippen LogP contribution in [0.4, 0.5) is 17.1 Å². The summed E-state index contributed by atoms with van der Waals surface area (Å²) in [5.74, 6) is 0. The number of nitrogens with zero attached hydrogens (tertiary/aromatic N) is 1. The van der Waals surface area contributed by atoms with Crippen molar-refractivity contribution in [2.24, 2.45) is 0 Å². The van der Waals surface area contributed by atoms with E-state index in [0.29, 0.717) is 0 Å². The van der Waals surface area contributed by atoms with Gasteiger partial charge in [-0.2, -0.15) is 0 Å². The minimum absolute atomic E-state index is 0.0842. The third-order valence-corrected chi connectivity index (χ3v) is 14.4. The summed E-state index contributed by atoms with van der Waals surface area (Å²) < 4.78 is 0. The highest BCUT2D eigenvalue weighted by Crippen LogP contribution is 2.58. The second kappa shape index (κ2) is 13.8. The maximum atomic E-state index is 2.53. The molecule has 0 N–H and O–H groups in total. The molecule has 9 aromatic carbocycles. The van der Waals surface area contributed by atoms with Crippen LogP contribution in [0.15, 0.2) is 200 Å². The largest absolute Gasteiger partial charge is 0.310 e. The van der Waals surface area contributed by atoms with E-state index in [-0.39, 0.29) is 10.8 Å². The summed E-state index contributed by atoms with van der Waals surface area (Å²) in [6, 6.07) is 75.1. The number of hydrogen-bond acceptors (Lipinski definition) is 1. The van der Waals surface area contributed by atoms with Crippen molar-refractivity contribution in [1.29, 1.82) is 0 Å². The van der Waals surface area contributed by atoms with Gasteiger partial charge >= 0.3 is 0 Å². The summed E-state index contributed by atoms with van der Waals surface area (Å²) >= 11 is 0. The van der Waals surface area contributed by atoms with Gasteiger partial charge in [0.15, 0.2) is 0 Å². The molecule has 0 aromatic heterocycles. The number of rotatable bonds is 6. The first kappa shape index (κ1) is 35.9. The van der Waals surface area contributed by atoms with Crippen LogP contribution >= 0.6 is 0 Å². The van der Waals surface area contributed by atoms with E-state index in [9.17, 15) is 0 Å². The van der Waals surface area contributed by atoms with Gasteiger partial charge in [0.25, 0.3) is 0 Å². The molecule has 1 spiro atoms. The molecule has 1 nitrogen and oxygen atoms in total. The molecule has 0 atom stereocenters. The first-order valence-electron chi connectivity index (χ1n) is 22.1. The molecular weight excluding hydrogens is 735 g/mol. The predicted octanol–water partition coefficient (Wildman–Crippen LogP) is 16.5. The molecular formula is C60H47N. The standard InChI is InChI=1S/C60H47N/c1-59(2)54-25-8-6-20-51(54)53-24-14-23-49(58(53)59)42-29-33-45(34-30-42)61(46-35-36-52-50-19-7-9-26-55(50)60(56(52)39-46)37-10-11-38-60)44-31-27-41(28-32-44)48-22-13-18-43-17-12-21-47(57(43)48)40-15-4-3-5-16-40/h3-9,12-36,39H,10-11,37-38H2,1-2H3. The third-order valence-electron chi connectivity index (χ3n) is 14.4. The van der Waals surface area contributed by atoms with E-state index in [4.69, 9.17) is 0 Å². The SMILES string of the molecule is CC1(C)c2ccccc2-c2cccc(-c3ccc(N(c4ccc(-c5cccc6cccc(-c7ccccc7)c56)cc4)c4ccc5c(c4)C4(CCCC4)c4ccccc4-5)cc3)c21. The van der Waals surface area contributed by atoms with E-state index in [2.05, 4.69) is 219 Å². The zero-order valence-corrected chi connectivity index (χ0v) is 34.8. The average molecular weight is 782 g/mol. The normalized spacial score (nSPS) is 15.0. The fraction of sp³-hybridized carbons (Fsp3) is 0.133. The maximum absolute atomic E-state index is 2.53. The summed E-state index contributed by atoms with van der Waals surface area (Å²) in [6.45, 7) is 4.76. The topological polar surface area (TPSA) is 3.24 Å². The number of hydrogen-bond donors (Lipinski definition) is 0. The molecule has 3 aliphatic rings. The van der Waals surface area contributed by atoms with Crippen LogP contribution in [-0.4, -0.2) is 0 Å². The minimum atomic E-state index is -0.0842. The lowest BCUT2D eigenvalue weighted by molar-refractivity contribution is 0.550. The van der Waals surface area contributed by atoms with Crippen molar-refractivity contribution in [3.63, 3.8) is 0 Å². The highest BCUT2D eigenvalue weighted by Gasteiger charge is 2.45. The molecule has 1 heteroatoms. The Balaban J connectivity index is 0.990. The van der Waals surface area contributed by atoms with Gasteiger partial charge in [-0.25, -0.2) is 0 Å². The molecule has 12 rings (SSSR count). The molecule has 9 aromatic rings. The fourth-order valence-electron chi connectivity index (χ4n) is 11.7. The molecule has 1 fully saturated rings. The first-order valence-corrected chi connectivity index (χ1v) is 22.1. The van der Waals surface area contributed by atoms with Crippen molar-refractivity contribution in [3.05, 3.63) is 222 Å². The van der Waals surface area contributed by atoms with Crippen LogP contribution < -0.4 is 4.90 Å². The van der Waals surface area contributed by atoms with Crippen LogP contribution in [0.3, 0.4) is 0 Å². The zero-order valence-electron chi connectivity index (χ0n) is 34.8. The van der Waals surface area contributed by atoms with Crippen molar-refractivity contribution >= 4 is 27.8 Å². The van der Waals surface area contributed by atoms with Gasteiger partial charge in [-0.1, -0.05) is 190 Å². The Morgan fingerprint density at radius 1 is 0.361 bits per heavy atom. The van der Waals surface area contributed by atoms with Gasteiger partial charge in [0.1, 0.15) is 0 Å². The zero-order chi connectivity index (χ0) is 40.7. The van der Waals surface area contributed by atoms with Gasteiger partial charge in [-0.05, 0) is 138 Å². The summed E-state index contributed by atoms with van der Waals surface area (Å²) in [5.41, 5.74) is 22.4. The third kappa shape index (κ3) is 5.46. The van der Waals surface area contributed by atoms with E-state index in [1.54, 1.807) is 0 Å². The van der Waals surface area contributed by atoms with Crippen molar-refractivity contribution in [2.45, 2.75) is 50.4 Å². The van der Waals surface area contributed by atoms with Crippen LogP contribution in [0.25, 0.3) is 66.4 Å². The van der Waals surface area contributed by atoms with Gasteiger partial charge in [-0.3, -0.25) is 0 Å². The lowest BCUT2D eigenvalue weighted by Crippen LogP contribution is -2.21. The maximum Gasteiger partial charge on any atom is 0.0465 e. The van der Waals surface area contributed by atoms with Crippen molar-refractivity contribution in [1.82, 2.24) is 0 Å². The van der Waals surface area contributed by atoms with Crippen LogP contribution in [0.5, 0.6) is 0 Å². The Hall–Kier alpha value is -6.96. The van der Waals surface area contributed by atoms with Gasteiger partial charge < -0.3 is 4.90 Å². The highest BCUT2D eigenvalue weighted by atomic mass is 15.1. The molecule has 0 radical (unpaired) electrons. The molecule has 0 aliphatic heterocycles. The highest BCUT2D eigenvalue weighted by molar-refractivity contribution is 6.06. The molecule has 1 saturated carbocycles. The van der Waals surface area contributed by atoms with Gasteiger partial charge in [0, 0.05) is 27.9 Å². The van der Waals surface area contributed by atoms with Crippen LogP contribution in [0.2, 0.25) is 0 Å². The second-order valence-corrected chi connectivity index (χ2v) is 18.0. The summed E-state index contributed by atoms with van der Waals surface area (Å²) in [4.78, 5) is 2.48. The minimum Gasteiger partial charge on any atom is -0.310 e. The van der Waals surface area contributed by atoms with Crippen LogP contribution in [-0.2, 0) is 10.8 Å². The predicted molar refractivity (Wildman–Crippen MR) is 257 cm³/mol. The lowest BCUT2D eigenvalue weighted by Gasteiger charge is -2.30. The Labute approximate surface area is 359 Å².